The van der Waals surface area contributed by atoms with Crippen LogP contribution in [0.25, 0.3) is 0 Å². The van der Waals surface area contributed by atoms with Crippen molar-refractivity contribution in [2.75, 3.05) is 75.5 Å². The van der Waals surface area contributed by atoms with Crippen molar-refractivity contribution in [1.29, 1.82) is 0 Å². The Bertz CT molecular complexity index is 3150. The lowest BCUT2D eigenvalue weighted by Crippen LogP contribution is -2.64. The summed E-state index contributed by atoms with van der Waals surface area (Å²) in [7, 11) is 9.27. The Morgan fingerprint density at radius 2 is 1.24 bits per heavy atom. The zero-order valence-corrected chi connectivity index (χ0v) is 57.6. The number of benzene rings is 2. The predicted octanol–water partition coefficient (Wildman–Crippen LogP) is 5.80. The molecule has 11 amide bonds. The zero-order chi connectivity index (χ0) is 71.5. The minimum atomic E-state index is -4.82. The minimum Gasteiger partial charge on any atom is -0.343 e. The van der Waals surface area contributed by atoms with Gasteiger partial charge in [-0.15, -0.1) is 0 Å². The van der Waals surface area contributed by atoms with Crippen LogP contribution in [-0.2, 0) is 77.9 Å². The fourth-order valence-corrected chi connectivity index (χ4v) is 12.8. The molecule has 22 nitrogen and oxygen atoms in total. The highest BCUT2D eigenvalue weighted by atomic mass is 35.5. The second kappa shape index (κ2) is 33.0. The third kappa shape index (κ3) is 19.8. The van der Waals surface area contributed by atoms with Crippen molar-refractivity contribution in [1.82, 2.24) is 55.1 Å². The third-order valence-electron chi connectivity index (χ3n) is 18.6. The number of carbonyl (C=O) groups is 11. The van der Waals surface area contributed by atoms with Crippen LogP contribution in [-0.4, -0.2) is 228 Å². The number of hydrogen-bond acceptors (Lipinski definition) is 11. The Balaban J connectivity index is 1.60. The molecule has 29 heteroatoms. The molecule has 3 fully saturated rings. The van der Waals surface area contributed by atoms with E-state index < -0.39 is 179 Å². The van der Waals surface area contributed by atoms with Crippen molar-refractivity contribution in [2.24, 2.45) is 17.8 Å². The Labute approximate surface area is 557 Å². The number of halogens is 7. The van der Waals surface area contributed by atoms with Gasteiger partial charge in [0.05, 0.1) is 35.8 Å². The summed E-state index contributed by atoms with van der Waals surface area (Å²) < 4.78 is 83.6. The first-order valence-corrected chi connectivity index (χ1v) is 32.6. The van der Waals surface area contributed by atoms with Gasteiger partial charge in [0.25, 0.3) is 0 Å². The Morgan fingerprint density at radius 3 is 1.82 bits per heavy atom. The first-order chi connectivity index (χ1) is 44.1. The van der Waals surface area contributed by atoms with Gasteiger partial charge in [0, 0.05) is 74.8 Å². The van der Waals surface area contributed by atoms with Crippen molar-refractivity contribution in [3.8, 4) is 0 Å². The molecule has 2 heterocycles. The van der Waals surface area contributed by atoms with Crippen molar-refractivity contribution in [3.63, 3.8) is 0 Å². The molecule has 5 rings (SSSR count). The van der Waals surface area contributed by atoms with E-state index in [2.05, 4.69) is 16.0 Å². The highest BCUT2D eigenvalue weighted by Crippen LogP contribution is 2.37. The van der Waals surface area contributed by atoms with Gasteiger partial charge in [-0.1, -0.05) is 96.7 Å². The van der Waals surface area contributed by atoms with E-state index >= 15 is 9.59 Å². The largest absolute Gasteiger partial charge is 0.417 e. The molecule has 3 N–H and O–H groups in total. The zero-order valence-electron chi connectivity index (χ0n) is 56.8. The van der Waals surface area contributed by atoms with Gasteiger partial charge in [0.1, 0.15) is 41.8 Å². The van der Waals surface area contributed by atoms with Gasteiger partial charge < -0.3 is 55.1 Å². The van der Waals surface area contributed by atoms with Gasteiger partial charge in [-0.2, -0.15) is 26.3 Å². The van der Waals surface area contributed by atoms with E-state index in [0.717, 1.165) is 63.0 Å². The Kier molecular flexibility index (Phi) is 27.1. The van der Waals surface area contributed by atoms with Gasteiger partial charge in [-0.25, -0.2) is 0 Å². The van der Waals surface area contributed by atoms with Gasteiger partial charge in [-0.3, -0.25) is 52.7 Å². The van der Waals surface area contributed by atoms with Crippen molar-refractivity contribution in [3.05, 3.63) is 69.7 Å². The third-order valence-corrected chi connectivity index (χ3v) is 18.9. The molecule has 2 aromatic carbocycles. The van der Waals surface area contributed by atoms with Crippen LogP contribution in [0.15, 0.2) is 42.5 Å². The van der Waals surface area contributed by atoms with E-state index in [1.54, 1.807) is 34.6 Å². The Hall–Kier alpha value is -7.52. The molecule has 1 spiro atoms. The van der Waals surface area contributed by atoms with Crippen molar-refractivity contribution in [2.45, 2.75) is 186 Å². The highest BCUT2D eigenvalue weighted by molar-refractivity contribution is 6.31. The molecular formula is C66H94ClF6N11O11. The number of nitrogens with zero attached hydrogens (tertiary/aromatic N) is 8. The Morgan fingerprint density at radius 1 is 0.632 bits per heavy atom. The number of hydrogen-bond donors (Lipinski definition) is 3. The average molecular weight is 1370 g/mol. The van der Waals surface area contributed by atoms with Gasteiger partial charge in [0.2, 0.25) is 65.0 Å². The van der Waals surface area contributed by atoms with Gasteiger partial charge >= 0.3 is 12.4 Å². The van der Waals surface area contributed by atoms with Crippen molar-refractivity contribution < 1.29 is 79.1 Å². The number of rotatable bonds is 10. The maximum atomic E-state index is 15.1. The highest BCUT2D eigenvalue weighted by Gasteiger charge is 2.50. The fraction of sp³-hybridized carbons (Fsp3) is 0.652. The lowest BCUT2D eigenvalue weighted by molar-refractivity contribution is -0.152. The van der Waals surface area contributed by atoms with Crippen LogP contribution in [0.2, 0.25) is 5.02 Å². The molecule has 2 aromatic rings. The number of aryl methyl sites for hydroxylation is 1. The summed E-state index contributed by atoms with van der Waals surface area (Å²) in [6, 6.07) is -1.77. The first-order valence-electron chi connectivity index (χ1n) is 32.2. The van der Waals surface area contributed by atoms with E-state index in [-0.39, 0.29) is 75.0 Å². The second-order valence-corrected chi connectivity index (χ2v) is 27.0. The quantitative estimate of drug-likeness (QED) is 0.240. The molecule has 0 aromatic heterocycles. The number of carbonyl (C=O) groups excluding carboxylic acids is 11. The van der Waals surface area contributed by atoms with E-state index in [1.807, 2.05) is 13.8 Å². The number of alkyl halides is 6. The molecule has 8 atom stereocenters. The molecule has 0 radical (unpaired) electrons. The molecule has 0 bridgehead atoms. The fourth-order valence-electron chi connectivity index (χ4n) is 12.5. The van der Waals surface area contributed by atoms with E-state index in [9.17, 15) is 69.5 Å². The van der Waals surface area contributed by atoms with Gasteiger partial charge in [-0.05, 0) is 98.9 Å². The van der Waals surface area contributed by atoms with E-state index in [0.29, 0.717) is 19.3 Å². The van der Waals surface area contributed by atoms with Crippen LogP contribution in [0.5, 0.6) is 0 Å². The smallest absolute Gasteiger partial charge is 0.343 e. The van der Waals surface area contributed by atoms with Crippen molar-refractivity contribution >= 4 is 76.6 Å². The van der Waals surface area contributed by atoms with Crippen LogP contribution in [0.1, 0.15) is 135 Å². The standard InChI is InChI=1S/C66H94ClF6N11O11/c1-15-40(6)55-61(93)79(10)36-53(87)77(8)37-54(88)82(13)50(34-43-20-18-21-44(32-43)65(68,69)70)60(92)78(9)35-51(85)74-47(26-24-42-23-25-45(46(67)33-42)66(71,72)73)59(91)84-29-19-22-48(84)58(90)76-64(27-16-17-28-64)63(95)83(14)56(39(4)5)62(94)80(11)41(7)31-52(86)81(12)49(30-38(2)3)57(89)75-55/h18,20-21,23,25,32-33,38-41,47-50,55-56H,15-17,19,22,24,26-31,34-37H2,1-14H3,(H,74,85)(H,75,89)(H,76,90)/t40-,41+,47-,48-,49-,50-,55-,56-/m0/s1. The molecule has 0 unspecified atom stereocenters. The molecule has 2 saturated heterocycles. The maximum Gasteiger partial charge on any atom is 0.417 e. The maximum absolute atomic E-state index is 15.1. The van der Waals surface area contributed by atoms with Crippen LogP contribution in [0.4, 0.5) is 26.3 Å². The normalized spacial score (nSPS) is 24.7. The van der Waals surface area contributed by atoms with Crippen LogP contribution in [0.3, 0.4) is 0 Å². The SMILES string of the molecule is CC[C@H](C)[C@@H]1NC(=O)[C@H](CC(C)C)N(C)C(=O)C[C@@H](C)N(C)C(=O)[C@H](C(C)C)N(C)C(=O)C2(CCCC2)NC(=O)[C@@H]2CCCN2C(=O)[C@H](CCc2ccc(C(F)(F)F)c(Cl)c2)NC(=O)CN(C)C(=O)[C@H](Cc2cccc(C(F)(F)F)c2)N(C)C(=O)CN(C)C(=O)CN(C)C1=O. The number of fused-ring (bicyclic) bond motifs is 1. The van der Waals surface area contributed by atoms with E-state index in [1.165, 1.54) is 68.0 Å². The summed E-state index contributed by atoms with van der Waals surface area (Å²) in [5.74, 6) is -9.40. The molecule has 528 valence electrons. The lowest BCUT2D eigenvalue weighted by atomic mass is 9.91. The summed E-state index contributed by atoms with van der Waals surface area (Å²) >= 11 is 6.08. The summed E-state index contributed by atoms with van der Waals surface area (Å²) in [5.41, 5.74) is -3.59. The molecule has 1 saturated carbocycles. The molecule has 1 aliphatic carbocycles. The molecular weight excluding hydrogens is 1270 g/mol. The van der Waals surface area contributed by atoms with Crippen LogP contribution in [0, 0.1) is 17.8 Å². The molecule has 3 aliphatic rings. The lowest BCUT2D eigenvalue weighted by Gasteiger charge is -2.41. The second-order valence-electron chi connectivity index (χ2n) is 26.6. The number of likely N-dealkylation sites (N-methyl/N-ethyl adjacent to an activating group) is 7. The summed E-state index contributed by atoms with van der Waals surface area (Å²) in [6.07, 6.45) is -8.72. The molecule has 95 heavy (non-hydrogen) atoms. The average Bonchev–Trinajstić information content (AvgIpc) is 2.00. The number of nitrogens with one attached hydrogen (secondary N) is 3. The van der Waals surface area contributed by atoms with E-state index in [4.69, 9.17) is 11.6 Å². The van der Waals surface area contributed by atoms with Crippen LogP contribution < -0.4 is 16.0 Å². The van der Waals surface area contributed by atoms with Gasteiger partial charge in [0.15, 0.2) is 0 Å². The molecule has 2 aliphatic heterocycles. The first kappa shape index (κ1) is 78.2. The minimum absolute atomic E-state index is 0.0289. The topological polar surface area (TPSA) is 250 Å². The summed E-state index contributed by atoms with van der Waals surface area (Å²) in [4.78, 5) is 169. The monoisotopic (exact) mass is 1370 g/mol. The number of amides is 11. The summed E-state index contributed by atoms with van der Waals surface area (Å²) in [5, 5.41) is 7.77. The predicted molar refractivity (Wildman–Crippen MR) is 341 cm³/mol. The van der Waals surface area contributed by atoms with Crippen LogP contribution >= 0.6 is 11.6 Å². The summed E-state index contributed by atoms with van der Waals surface area (Å²) in [6.45, 7) is 10.1.